The van der Waals surface area contributed by atoms with Gasteiger partial charge in [-0.25, -0.2) is 9.52 Å². The average molecular weight is 326 g/mol. The smallest absolute Gasteiger partial charge is 0.337 e. The van der Waals surface area contributed by atoms with Crippen molar-refractivity contribution in [2.45, 2.75) is 19.8 Å². The molecule has 2 rings (SSSR count). The van der Waals surface area contributed by atoms with Crippen molar-refractivity contribution >= 4 is 27.8 Å². The van der Waals surface area contributed by atoms with Gasteiger partial charge in [0.1, 0.15) is 0 Å². The van der Waals surface area contributed by atoms with Gasteiger partial charge < -0.3 is 4.74 Å². The minimum absolute atomic E-state index is 0.242. The van der Waals surface area contributed by atoms with Crippen molar-refractivity contribution in [1.82, 2.24) is 4.72 Å². The predicted octanol–water partition coefficient (Wildman–Crippen LogP) is 1.29. The SMILES string of the molecule is COC(=O)c1ccc(NS(=O)(=O)NC(=O)C2CC(C)C2)cc1. The number of nitrogens with one attached hydrogen (secondary N) is 2. The highest BCUT2D eigenvalue weighted by Gasteiger charge is 2.33. The molecule has 8 heteroatoms. The van der Waals surface area contributed by atoms with Crippen molar-refractivity contribution < 1.29 is 22.7 Å². The summed E-state index contributed by atoms with van der Waals surface area (Å²) in [5, 5.41) is 0. The largest absolute Gasteiger partial charge is 0.465 e. The number of hydrogen-bond acceptors (Lipinski definition) is 5. The lowest BCUT2D eigenvalue weighted by atomic mass is 9.76. The number of hydrogen-bond donors (Lipinski definition) is 2. The molecule has 7 nitrogen and oxygen atoms in total. The Morgan fingerprint density at radius 3 is 2.27 bits per heavy atom. The predicted molar refractivity (Wildman–Crippen MR) is 80.4 cm³/mol. The zero-order chi connectivity index (χ0) is 16.3. The van der Waals surface area contributed by atoms with Crippen molar-refractivity contribution in [3.63, 3.8) is 0 Å². The maximum Gasteiger partial charge on any atom is 0.337 e. The lowest BCUT2D eigenvalue weighted by Gasteiger charge is -2.31. The van der Waals surface area contributed by atoms with Crippen molar-refractivity contribution in [2.75, 3.05) is 11.8 Å². The summed E-state index contributed by atoms with van der Waals surface area (Å²) in [6.07, 6.45) is 1.41. The molecular weight excluding hydrogens is 308 g/mol. The summed E-state index contributed by atoms with van der Waals surface area (Å²) >= 11 is 0. The van der Waals surface area contributed by atoms with E-state index in [1.165, 1.54) is 31.4 Å². The number of anilines is 1. The molecule has 0 aliphatic heterocycles. The number of benzene rings is 1. The highest BCUT2D eigenvalue weighted by atomic mass is 32.2. The number of carbonyl (C=O) groups is 2. The molecule has 0 atom stereocenters. The van der Waals surface area contributed by atoms with E-state index in [-0.39, 0.29) is 11.6 Å². The van der Waals surface area contributed by atoms with Gasteiger partial charge in [-0.2, -0.15) is 8.42 Å². The second kappa shape index (κ2) is 6.35. The fraction of sp³-hybridized carbons (Fsp3) is 0.429. The molecule has 0 heterocycles. The van der Waals surface area contributed by atoms with Gasteiger partial charge in [0.2, 0.25) is 5.91 Å². The van der Waals surface area contributed by atoms with Crippen LogP contribution in [-0.4, -0.2) is 27.4 Å². The molecule has 1 aliphatic carbocycles. The molecule has 1 aromatic carbocycles. The Bertz CT molecular complexity index is 663. The van der Waals surface area contributed by atoms with Crippen LogP contribution >= 0.6 is 0 Å². The van der Waals surface area contributed by atoms with Gasteiger partial charge in [0.25, 0.3) is 0 Å². The van der Waals surface area contributed by atoms with Crippen molar-refractivity contribution in [1.29, 1.82) is 0 Å². The van der Waals surface area contributed by atoms with E-state index >= 15 is 0 Å². The first kappa shape index (κ1) is 16.3. The maximum absolute atomic E-state index is 11.9. The Kier molecular flexibility index (Phi) is 4.70. The fourth-order valence-corrected chi connectivity index (χ4v) is 3.23. The molecule has 1 saturated carbocycles. The van der Waals surface area contributed by atoms with Crippen LogP contribution in [0.5, 0.6) is 0 Å². The number of carbonyl (C=O) groups excluding carboxylic acids is 2. The second-order valence-electron chi connectivity index (χ2n) is 5.41. The Labute approximate surface area is 129 Å². The number of amides is 1. The van der Waals surface area contributed by atoms with Gasteiger partial charge in [-0.15, -0.1) is 0 Å². The van der Waals surface area contributed by atoms with E-state index in [1.54, 1.807) is 0 Å². The van der Waals surface area contributed by atoms with Crippen LogP contribution in [0.2, 0.25) is 0 Å². The van der Waals surface area contributed by atoms with E-state index in [0.29, 0.717) is 24.3 Å². The Morgan fingerprint density at radius 1 is 1.18 bits per heavy atom. The third-order valence-corrected chi connectivity index (χ3v) is 4.51. The highest BCUT2D eigenvalue weighted by molar-refractivity contribution is 7.91. The van der Waals surface area contributed by atoms with Crippen LogP contribution in [0.1, 0.15) is 30.1 Å². The number of ether oxygens (including phenoxy) is 1. The molecule has 0 bridgehead atoms. The lowest BCUT2D eigenvalue weighted by molar-refractivity contribution is -0.126. The monoisotopic (exact) mass is 326 g/mol. The minimum atomic E-state index is -3.98. The van der Waals surface area contributed by atoms with Gasteiger partial charge in [0.05, 0.1) is 18.4 Å². The number of esters is 1. The Hall–Kier alpha value is -2.09. The zero-order valence-corrected chi connectivity index (χ0v) is 13.1. The van der Waals surface area contributed by atoms with Crippen LogP contribution in [0.25, 0.3) is 0 Å². The molecule has 1 amide bonds. The van der Waals surface area contributed by atoms with Crippen LogP contribution in [0.4, 0.5) is 5.69 Å². The van der Waals surface area contributed by atoms with Gasteiger partial charge in [-0.3, -0.25) is 9.52 Å². The summed E-state index contributed by atoms with van der Waals surface area (Å²) in [6, 6.07) is 5.70. The molecule has 120 valence electrons. The van der Waals surface area contributed by atoms with Crippen LogP contribution in [0.3, 0.4) is 0 Å². The molecule has 0 unspecified atom stereocenters. The molecule has 0 radical (unpaired) electrons. The van der Waals surface area contributed by atoms with Crippen LogP contribution < -0.4 is 9.44 Å². The normalized spacial score (nSPS) is 20.6. The van der Waals surface area contributed by atoms with Crippen LogP contribution in [0, 0.1) is 11.8 Å². The molecule has 0 aromatic heterocycles. The van der Waals surface area contributed by atoms with Gasteiger partial charge in [0, 0.05) is 5.92 Å². The fourth-order valence-electron chi connectivity index (χ4n) is 2.31. The quantitative estimate of drug-likeness (QED) is 0.794. The molecule has 1 aliphatic rings. The summed E-state index contributed by atoms with van der Waals surface area (Å²) in [7, 11) is -2.72. The van der Waals surface area contributed by atoms with Gasteiger partial charge in [-0.05, 0) is 43.0 Å². The maximum atomic E-state index is 11.9. The van der Waals surface area contributed by atoms with E-state index in [0.717, 1.165) is 0 Å². The summed E-state index contributed by atoms with van der Waals surface area (Å²) in [4.78, 5) is 23.0. The van der Waals surface area contributed by atoms with E-state index in [2.05, 4.69) is 9.46 Å². The third-order valence-electron chi connectivity index (χ3n) is 3.54. The minimum Gasteiger partial charge on any atom is -0.465 e. The van der Waals surface area contributed by atoms with Crippen molar-refractivity contribution in [2.24, 2.45) is 11.8 Å². The lowest BCUT2D eigenvalue weighted by Crippen LogP contribution is -2.43. The van der Waals surface area contributed by atoms with Crippen LogP contribution in [0.15, 0.2) is 24.3 Å². The highest BCUT2D eigenvalue weighted by Crippen LogP contribution is 2.33. The zero-order valence-electron chi connectivity index (χ0n) is 12.3. The Balaban J connectivity index is 1.96. The standard InChI is InChI=1S/C14H18N2O5S/c1-9-7-11(8-9)13(17)16-22(19,20)15-12-5-3-10(4-6-12)14(18)21-2/h3-6,9,11,15H,7-8H2,1-2H3,(H,16,17). The number of rotatable bonds is 5. The van der Waals surface area contributed by atoms with E-state index in [4.69, 9.17) is 0 Å². The summed E-state index contributed by atoms with van der Waals surface area (Å²) in [5.41, 5.74) is 0.549. The molecule has 0 spiro atoms. The van der Waals surface area contributed by atoms with Crippen molar-refractivity contribution in [3.8, 4) is 0 Å². The topological polar surface area (TPSA) is 102 Å². The Morgan fingerprint density at radius 2 is 1.77 bits per heavy atom. The van der Waals surface area contributed by atoms with E-state index < -0.39 is 22.1 Å². The van der Waals surface area contributed by atoms with Gasteiger partial charge in [-0.1, -0.05) is 6.92 Å². The molecule has 22 heavy (non-hydrogen) atoms. The summed E-state index contributed by atoms with van der Waals surface area (Å²) in [5.74, 6) is -0.788. The molecular formula is C14H18N2O5S. The van der Waals surface area contributed by atoms with E-state index in [9.17, 15) is 18.0 Å². The van der Waals surface area contributed by atoms with Crippen LogP contribution in [-0.2, 0) is 19.7 Å². The second-order valence-corrected chi connectivity index (χ2v) is 6.83. The molecule has 1 fully saturated rings. The summed E-state index contributed by atoms with van der Waals surface area (Å²) < 4.78 is 32.5. The first-order valence-electron chi connectivity index (χ1n) is 6.83. The van der Waals surface area contributed by atoms with Gasteiger partial charge in [0.15, 0.2) is 0 Å². The molecule has 1 aromatic rings. The number of methoxy groups -OCH3 is 1. The van der Waals surface area contributed by atoms with Crippen molar-refractivity contribution in [3.05, 3.63) is 29.8 Å². The third kappa shape index (κ3) is 3.97. The summed E-state index contributed by atoms with van der Waals surface area (Å²) in [6.45, 7) is 2.01. The molecule has 2 N–H and O–H groups in total. The average Bonchev–Trinajstić information content (AvgIpc) is 2.42. The first-order valence-corrected chi connectivity index (χ1v) is 8.32. The van der Waals surface area contributed by atoms with Gasteiger partial charge >= 0.3 is 16.2 Å². The molecule has 0 saturated heterocycles. The van der Waals surface area contributed by atoms with E-state index in [1.807, 2.05) is 11.6 Å². The first-order chi connectivity index (χ1) is 10.3.